The Hall–Kier alpha value is -1.30. The van der Waals surface area contributed by atoms with Gasteiger partial charge in [0.15, 0.2) is 0 Å². The molecule has 1 heterocycles. The van der Waals surface area contributed by atoms with Gasteiger partial charge in [0, 0.05) is 24.7 Å². The molecule has 1 atom stereocenters. The fourth-order valence-electron chi connectivity index (χ4n) is 3.05. The second-order valence-electron chi connectivity index (χ2n) is 6.21. The fraction of sp³-hybridized carbons (Fsp3) is 0.667. The van der Waals surface area contributed by atoms with Gasteiger partial charge in [-0.1, -0.05) is 0 Å². The van der Waals surface area contributed by atoms with Crippen LogP contribution in [0.4, 0.5) is 0 Å². The first-order valence-electron chi connectivity index (χ1n) is 8.49. The zero-order valence-corrected chi connectivity index (χ0v) is 14.5. The van der Waals surface area contributed by atoms with E-state index >= 15 is 0 Å². The second-order valence-corrected chi connectivity index (χ2v) is 6.21. The molecule has 0 spiro atoms. The van der Waals surface area contributed by atoms with Gasteiger partial charge in [0.25, 0.3) is 0 Å². The van der Waals surface area contributed by atoms with Gasteiger partial charge in [-0.05, 0) is 57.5 Å². The highest BCUT2D eigenvalue weighted by Crippen LogP contribution is 2.29. The molecule has 2 rings (SSSR count). The first kappa shape index (κ1) is 18.0. The van der Waals surface area contributed by atoms with E-state index in [4.69, 9.17) is 9.47 Å². The van der Waals surface area contributed by atoms with Crippen molar-refractivity contribution in [3.63, 3.8) is 0 Å². The molecule has 1 aromatic carbocycles. The zero-order chi connectivity index (χ0) is 16.7. The maximum absolute atomic E-state index is 9.53. The van der Waals surface area contributed by atoms with Crippen molar-refractivity contribution in [3.8, 4) is 11.5 Å². The summed E-state index contributed by atoms with van der Waals surface area (Å²) in [6.07, 6.45) is 2.83. The van der Waals surface area contributed by atoms with Gasteiger partial charge < -0.3 is 24.8 Å². The number of hydrogen-bond acceptors (Lipinski definition) is 5. The highest BCUT2D eigenvalue weighted by molar-refractivity contribution is 5.42. The summed E-state index contributed by atoms with van der Waals surface area (Å²) in [6, 6.07) is 6.11. The van der Waals surface area contributed by atoms with Crippen LogP contribution in [0.3, 0.4) is 0 Å². The van der Waals surface area contributed by atoms with Gasteiger partial charge in [0.2, 0.25) is 0 Å². The number of piperidine rings is 1. The molecule has 23 heavy (non-hydrogen) atoms. The van der Waals surface area contributed by atoms with Crippen molar-refractivity contribution in [2.75, 3.05) is 40.4 Å². The molecular formula is C18H30N2O3. The molecule has 1 aliphatic heterocycles. The van der Waals surface area contributed by atoms with Crippen molar-refractivity contribution in [3.05, 3.63) is 23.8 Å². The molecule has 0 amide bonds. The lowest BCUT2D eigenvalue weighted by atomic mass is 10.1. The molecule has 5 nitrogen and oxygen atoms in total. The summed E-state index contributed by atoms with van der Waals surface area (Å²) >= 11 is 0. The zero-order valence-electron chi connectivity index (χ0n) is 14.5. The molecule has 1 aliphatic rings. The highest BCUT2D eigenvalue weighted by Gasteiger charge is 2.16. The van der Waals surface area contributed by atoms with E-state index in [1.54, 1.807) is 14.2 Å². The van der Waals surface area contributed by atoms with E-state index in [1.165, 1.54) is 0 Å². The van der Waals surface area contributed by atoms with E-state index in [2.05, 4.69) is 17.1 Å². The quantitative estimate of drug-likeness (QED) is 0.719. The first-order chi connectivity index (χ1) is 11.1. The van der Waals surface area contributed by atoms with Crippen molar-refractivity contribution in [2.45, 2.75) is 38.3 Å². The molecule has 2 N–H and O–H groups in total. The number of benzene rings is 1. The third kappa shape index (κ3) is 5.37. The van der Waals surface area contributed by atoms with Gasteiger partial charge in [-0.2, -0.15) is 0 Å². The summed E-state index contributed by atoms with van der Waals surface area (Å²) in [5.41, 5.74) is 1.12. The normalized spacial score (nSPS) is 17.9. The molecule has 1 saturated heterocycles. The van der Waals surface area contributed by atoms with Crippen LogP contribution in [0.5, 0.6) is 11.5 Å². The van der Waals surface area contributed by atoms with Crippen molar-refractivity contribution >= 4 is 0 Å². The van der Waals surface area contributed by atoms with E-state index in [1.807, 2.05) is 18.2 Å². The van der Waals surface area contributed by atoms with Crippen molar-refractivity contribution < 1.29 is 14.6 Å². The lowest BCUT2D eigenvalue weighted by Gasteiger charge is -2.29. The summed E-state index contributed by atoms with van der Waals surface area (Å²) < 4.78 is 10.8. The van der Waals surface area contributed by atoms with Gasteiger partial charge in [-0.15, -0.1) is 0 Å². The summed E-state index contributed by atoms with van der Waals surface area (Å²) in [5, 5.41) is 13.1. The smallest absolute Gasteiger partial charge is 0.123 e. The number of rotatable bonds is 8. The number of nitrogens with zero attached hydrogens (tertiary/aromatic N) is 1. The minimum Gasteiger partial charge on any atom is -0.497 e. The third-order valence-electron chi connectivity index (χ3n) is 4.56. The van der Waals surface area contributed by atoms with Gasteiger partial charge in [0.1, 0.15) is 11.5 Å². The number of aliphatic hydroxyl groups is 1. The molecule has 5 heteroatoms. The highest BCUT2D eigenvalue weighted by atomic mass is 16.5. The summed E-state index contributed by atoms with van der Waals surface area (Å²) in [4.78, 5) is 2.44. The lowest BCUT2D eigenvalue weighted by molar-refractivity contribution is 0.0820. The predicted molar refractivity (Wildman–Crippen MR) is 92.3 cm³/mol. The number of aliphatic hydroxyl groups excluding tert-OH is 1. The minimum atomic E-state index is -0.0927. The Morgan fingerprint density at radius 1 is 1.26 bits per heavy atom. The van der Waals surface area contributed by atoms with Crippen molar-refractivity contribution in [2.24, 2.45) is 0 Å². The Balaban J connectivity index is 1.77. The Morgan fingerprint density at radius 2 is 2.00 bits per heavy atom. The van der Waals surface area contributed by atoms with E-state index in [9.17, 15) is 5.11 Å². The maximum Gasteiger partial charge on any atom is 0.123 e. The number of methoxy groups -OCH3 is 2. The monoisotopic (exact) mass is 322 g/mol. The van der Waals surface area contributed by atoms with E-state index in [0.717, 1.165) is 62.5 Å². The summed E-state index contributed by atoms with van der Waals surface area (Å²) in [6.45, 7) is 6.22. The molecule has 0 aromatic heterocycles. The van der Waals surface area contributed by atoms with Crippen LogP contribution in [-0.2, 0) is 0 Å². The van der Waals surface area contributed by atoms with Crippen LogP contribution in [0.25, 0.3) is 0 Å². The van der Waals surface area contributed by atoms with Crippen molar-refractivity contribution in [1.82, 2.24) is 10.2 Å². The first-order valence-corrected chi connectivity index (χ1v) is 8.49. The lowest BCUT2D eigenvalue weighted by Crippen LogP contribution is -2.37. The third-order valence-corrected chi connectivity index (χ3v) is 4.56. The molecule has 0 bridgehead atoms. The number of hydrogen-bond donors (Lipinski definition) is 2. The predicted octanol–water partition coefficient (Wildman–Crippen LogP) is 2.20. The Kier molecular flexibility index (Phi) is 7.15. The molecule has 1 unspecified atom stereocenters. The number of ether oxygens (including phenoxy) is 2. The second kappa shape index (κ2) is 9.11. The molecule has 0 radical (unpaired) electrons. The van der Waals surface area contributed by atoms with E-state index in [-0.39, 0.29) is 12.1 Å². The number of likely N-dealkylation sites (tertiary alicyclic amines) is 1. The molecule has 1 fully saturated rings. The van der Waals surface area contributed by atoms with E-state index < -0.39 is 0 Å². The van der Waals surface area contributed by atoms with E-state index in [0.29, 0.717) is 0 Å². The summed E-state index contributed by atoms with van der Waals surface area (Å²) in [7, 11) is 3.38. The Morgan fingerprint density at radius 3 is 2.65 bits per heavy atom. The Labute approximate surface area is 139 Å². The molecule has 0 aliphatic carbocycles. The van der Waals surface area contributed by atoms with Crippen LogP contribution in [0.2, 0.25) is 0 Å². The van der Waals surface area contributed by atoms with Crippen LogP contribution in [0.1, 0.15) is 37.8 Å². The largest absolute Gasteiger partial charge is 0.497 e. The van der Waals surface area contributed by atoms with Crippen molar-refractivity contribution in [1.29, 1.82) is 0 Å². The molecule has 130 valence electrons. The van der Waals surface area contributed by atoms with Gasteiger partial charge >= 0.3 is 0 Å². The van der Waals surface area contributed by atoms with Crippen LogP contribution in [-0.4, -0.2) is 56.5 Å². The van der Waals surface area contributed by atoms with Crippen LogP contribution >= 0.6 is 0 Å². The molecule has 1 aromatic rings. The average molecular weight is 322 g/mol. The van der Waals surface area contributed by atoms with Gasteiger partial charge in [0.05, 0.1) is 20.3 Å². The van der Waals surface area contributed by atoms with Gasteiger partial charge in [-0.25, -0.2) is 0 Å². The van der Waals surface area contributed by atoms with Crippen LogP contribution in [0.15, 0.2) is 18.2 Å². The fourth-order valence-corrected chi connectivity index (χ4v) is 3.05. The standard InChI is InChI=1S/C18H30N2O3/c1-14(17-13-16(22-2)5-6-18(17)23-3)19-9-4-10-20-11-7-15(21)8-12-20/h5-6,13-15,19,21H,4,7-12H2,1-3H3. The molecular weight excluding hydrogens is 292 g/mol. The topological polar surface area (TPSA) is 54.0 Å². The average Bonchev–Trinajstić information content (AvgIpc) is 2.59. The minimum absolute atomic E-state index is 0.0927. The maximum atomic E-state index is 9.53. The van der Waals surface area contributed by atoms with Crippen LogP contribution < -0.4 is 14.8 Å². The summed E-state index contributed by atoms with van der Waals surface area (Å²) in [5.74, 6) is 1.73. The number of nitrogens with one attached hydrogen (secondary N) is 1. The van der Waals surface area contributed by atoms with Crippen LogP contribution in [0, 0.1) is 0 Å². The Bertz CT molecular complexity index is 473. The molecule has 0 saturated carbocycles. The van der Waals surface area contributed by atoms with Gasteiger partial charge in [-0.3, -0.25) is 0 Å². The SMILES string of the molecule is COc1ccc(OC)c(C(C)NCCCN2CCC(O)CC2)c1.